The van der Waals surface area contributed by atoms with Gasteiger partial charge in [0, 0.05) is 6.04 Å². The minimum absolute atomic E-state index is 0.0552. The molecule has 1 N–H and O–H groups in total. The number of para-hydroxylation sites is 1. The molecule has 0 saturated heterocycles. The number of hydrogen-bond donors (Lipinski definition) is 1. The molecule has 7 heteroatoms. The van der Waals surface area contributed by atoms with Gasteiger partial charge in [-0.1, -0.05) is 60.3 Å². The van der Waals surface area contributed by atoms with Gasteiger partial charge in [-0.15, -0.1) is 0 Å². The maximum absolute atomic E-state index is 12.8. The Hall–Kier alpha value is -3.32. The summed E-state index contributed by atoms with van der Waals surface area (Å²) in [7, 11) is 0. The normalized spacial score (nSPS) is 13.3. The van der Waals surface area contributed by atoms with E-state index in [4.69, 9.17) is 0 Å². The highest BCUT2D eigenvalue weighted by atomic mass is 32.2. The highest BCUT2D eigenvalue weighted by Gasteiger charge is 2.29. The third kappa shape index (κ3) is 4.08. The Labute approximate surface area is 191 Å². The number of nitrogens with one attached hydrogen (secondary N) is 1. The molecule has 2 heterocycles. The van der Waals surface area contributed by atoms with E-state index in [-0.39, 0.29) is 5.91 Å². The van der Waals surface area contributed by atoms with Gasteiger partial charge in [-0.2, -0.15) is 5.10 Å². The Morgan fingerprint density at radius 3 is 2.44 bits per heavy atom. The van der Waals surface area contributed by atoms with E-state index in [1.807, 2.05) is 73.3 Å². The number of anilines is 1. The average molecular weight is 444 g/mol. The maximum atomic E-state index is 12.8. The fraction of sp³-hybridized carbons (Fsp3) is 0.240. The van der Waals surface area contributed by atoms with Gasteiger partial charge in [-0.3, -0.25) is 4.79 Å². The lowest BCUT2D eigenvalue weighted by Gasteiger charge is -2.11. The fourth-order valence-electron chi connectivity index (χ4n) is 3.91. The van der Waals surface area contributed by atoms with Gasteiger partial charge in [0.15, 0.2) is 5.16 Å². The number of aryl methyl sites for hydroxylation is 1. The lowest BCUT2D eigenvalue weighted by Crippen LogP contribution is -2.16. The van der Waals surface area contributed by atoms with Crippen LogP contribution in [0.3, 0.4) is 0 Å². The van der Waals surface area contributed by atoms with Crippen molar-refractivity contribution in [2.24, 2.45) is 0 Å². The van der Waals surface area contributed by atoms with Crippen molar-refractivity contribution in [2.45, 2.75) is 37.9 Å². The van der Waals surface area contributed by atoms with Crippen LogP contribution in [0.1, 0.15) is 30.3 Å². The zero-order valence-corrected chi connectivity index (χ0v) is 19.0. The van der Waals surface area contributed by atoms with E-state index < -0.39 is 0 Å². The van der Waals surface area contributed by atoms with Crippen molar-refractivity contribution < 1.29 is 4.79 Å². The van der Waals surface area contributed by atoms with E-state index in [1.54, 1.807) is 0 Å². The molecule has 4 aromatic rings. The second-order valence-corrected chi connectivity index (χ2v) is 8.97. The quantitative estimate of drug-likeness (QED) is 0.388. The van der Waals surface area contributed by atoms with E-state index in [1.165, 1.54) is 11.8 Å². The van der Waals surface area contributed by atoms with Crippen molar-refractivity contribution in [3.05, 3.63) is 78.2 Å². The summed E-state index contributed by atoms with van der Waals surface area (Å²) in [4.78, 5) is 17.4. The smallest absolute Gasteiger partial charge is 0.234 e. The molecule has 0 radical (unpaired) electrons. The third-order valence-corrected chi connectivity index (χ3v) is 6.60. The van der Waals surface area contributed by atoms with Gasteiger partial charge >= 0.3 is 0 Å². The van der Waals surface area contributed by atoms with Crippen molar-refractivity contribution in [1.82, 2.24) is 19.3 Å². The first-order valence-electron chi connectivity index (χ1n) is 10.8. The largest absolute Gasteiger partial charge is 0.322 e. The first-order valence-corrected chi connectivity index (χ1v) is 11.8. The van der Waals surface area contributed by atoms with Gasteiger partial charge in [-0.05, 0) is 44.4 Å². The number of carbonyl (C=O) groups excluding carboxylic acids is 1. The van der Waals surface area contributed by atoms with Crippen LogP contribution in [-0.2, 0) is 4.79 Å². The number of rotatable bonds is 7. The van der Waals surface area contributed by atoms with Gasteiger partial charge in [-0.25, -0.2) is 9.67 Å². The van der Waals surface area contributed by atoms with Crippen LogP contribution in [0.5, 0.6) is 0 Å². The number of thioether (sulfide) groups is 1. The number of aromatic nitrogens is 4. The topological polar surface area (TPSA) is 64.7 Å². The summed E-state index contributed by atoms with van der Waals surface area (Å²) in [5.74, 6) is 0.244. The lowest BCUT2D eigenvalue weighted by atomic mass is 10.2. The molecule has 1 fully saturated rings. The maximum Gasteiger partial charge on any atom is 0.234 e. The standard InChI is InChI=1S/C25H25N5OS/c1-17-24(18(2)30(28-17)21-11-7-4-8-12-21)27-23(31)16-32-25-26-15-22(29(25)20-13-14-20)19-9-5-3-6-10-19/h3-12,15,20H,13-14,16H2,1-2H3,(H,27,31). The molecular weight excluding hydrogens is 418 g/mol. The Balaban J connectivity index is 1.31. The molecule has 0 spiro atoms. The third-order valence-electron chi connectivity index (χ3n) is 5.63. The van der Waals surface area contributed by atoms with E-state index in [0.717, 1.165) is 52.0 Å². The minimum atomic E-state index is -0.0552. The number of carbonyl (C=O) groups is 1. The molecule has 0 unspecified atom stereocenters. The van der Waals surface area contributed by atoms with Gasteiger partial charge in [0.25, 0.3) is 0 Å². The van der Waals surface area contributed by atoms with Crippen LogP contribution in [-0.4, -0.2) is 31.0 Å². The molecule has 162 valence electrons. The summed E-state index contributed by atoms with van der Waals surface area (Å²) in [5, 5.41) is 8.57. The molecule has 2 aromatic heterocycles. The van der Waals surface area contributed by atoms with Crippen molar-refractivity contribution in [2.75, 3.05) is 11.1 Å². The molecule has 0 aliphatic heterocycles. The van der Waals surface area contributed by atoms with Crippen molar-refractivity contribution in [3.8, 4) is 16.9 Å². The van der Waals surface area contributed by atoms with Crippen molar-refractivity contribution in [1.29, 1.82) is 0 Å². The van der Waals surface area contributed by atoms with Gasteiger partial charge < -0.3 is 9.88 Å². The zero-order valence-electron chi connectivity index (χ0n) is 18.2. The summed E-state index contributed by atoms with van der Waals surface area (Å²) >= 11 is 1.49. The number of imidazole rings is 1. The summed E-state index contributed by atoms with van der Waals surface area (Å²) < 4.78 is 4.15. The van der Waals surface area contributed by atoms with Crippen molar-refractivity contribution >= 4 is 23.4 Å². The number of benzene rings is 2. The summed E-state index contributed by atoms with van der Waals surface area (Å²) in [6.07, 6.45) is 4.24. The molecule has 5 rings (SSSR count). The molecule has 1 aliphatic carbocycles. The van der Waals surface area contributed by atoms with Crippen molar-refractivity contribution in [3.63, 3.8) is 0 Å². The highest BCUT2D eigenvalue weighted by molar-refractivity contribution is 7.99. The van der Waals surface area contributed by atoms with Gasteiger partial charge in [0.05, 0.1) is 40.4 Å². The van der Waals surface area contributed by atoms with Crippen LogP contribution in [0.2, 0.25) is 0 Å². The minimum Gasteiger partial charge on any atom is -0.322 e. The molecular formula is C25H25N5OS. The molecule has 1 amide bonds. The fourth-order valence-corrected chi connectivity index (χ4v) is 4.75. The Morgan fingerprint density at radius 2 is 1.75 bits per heavy atom. The van der Waals surface area contributed by atoms with Crippen LogP contribution in [0.4, 0.5) is 5.69 Å². The van der Waals surface area contributed by atoms with Crippen LogP contribution in [0.25, 0.3) is 16.9 Å². The second kappa shape index (κ2) is 8.67. The summed E-state index contributed by atoms with van der Waals surface area (Å²) in [5.41, 5.74) is 5.74. The molecule has 0 bridgehead atoms. The van der Waals surface area contributed by atoms with E-state index in [2.05, 4.69) is 32.1 Å². The Kier molecular flexibility index (Phi) is 5.57. The van der Waals surface area contributed by atoms with Crippen LogP contribution in [0.15, 0.2) is 72.0 Å². The van der Waals surface area contributed by atoms with Crippen LogP contribution in [0, 0.1) is 13.8 Å². The zero-order chi connectivity index (χ0) is 22.1. The molecule has 2 aromatic carbocycles. The predicted octanol–water partition coefficient (Wildman–Crippen LogP) is 5.42. The van der Waals surface area contributed by atoms with E-state index in [0.29, 0.717) is 11.8 Å². The van der Waals surface area contributed by atoms with E-state index >= 15 is 0 Å². The summed E-state index contributed by atoms with van der Waals surface area (Å²) in [6.45, 7) is 3.89. The van der Waals surface area contributed by atoms with Crippen LogP contribution >= 0.6 is 11.8 Å². The average Bonchev–Trinajstić information content (AvgIpc) is 3.52. The first kappa shape index (κ1) is 20.6. The lowest BCUT2D eigenvalue weighted by molar-refractivity contribution is -0.113. The predicted molar refractivity (Wildman–Crippen MR) is 128 cm³/mol. The SMILES string of the molecule is Cc1nn(-c2ccccc2)c(C)c1NC(=O)CSc1ncc(-c2ccccc2)n1C1CC1. The monoisotopic (exact) mass is 443 g/mol. The van der Waals surface area contributed by atoms with Gasteiger partial charge in [0.2, 0.25) is 5.91 Å². The molecule has 1 saturated carbocycles. The molecule has 1 aliphatic rings. The Morgan fingerprint density at radius 1 is 1.06 bits per heavy atom. The van der Waals surface area contributed by atoms with Crippen LogP contribution < -0.4 is 5.32 Å². The molecule has 0 atom stereocenters. The second-order valence-electron chi connectivity index (χ2n) is 8.02. The highest BCUT2D eigenvalue weighted by Crippen LogP contribution is 2.41. The Bertz CT molecular complexity index is 1240. The molecule has 6 nitrogen and oxygen atoms in total. The number of amides is 1. The first-order chi connectivity index (χ1) is 15.6. The van der Waals surface area contributed by atoms with E-state index in [9.17, 15) is 4.79 Å². The van der Waals surface area contributed by atoms with Gasteiger partial charge in [0.1, 0.15) is 0 Å². The summed E-state index contributed by atoms with van der Waals surface area (Å²) in [6, 6.07) is 20.7. The number of hydrogen-bond acceptors (Lipinski definition) is 4. The number of nitrogens with zero attached hydrogens (tertiary/aromatic N) is 4. The molecule has 32 heavy (non-hydrogen) atoms.